The summed E-state index contributed by atoms with van der Waals surface area (Å²) in [6, 6.07) is 0. The van der Waals surface area contributed by atoms with Gasteiger partial charge < -0.3 is 25.0 Å². The monoisotopic (exact) mass is 864 g/mol. The number of anilines is 2. The second-order valence-corrected chi connectivity index (χ2v) is 18.2. The van der Waals surface area contributed by atoms with Crippen molar-refractivity contribution >= 4 is 35.3 Å². The van der Waals surface area contributed by atoms with Crippen LogP contribution in [0.2, 0.25) is 0 Å². The Labute approximate surface area is 375 Å². The SMILES string of the molecule is CCCCCCCCC(CC)OC(=O)CCCCCCCN(CCCCCCCC(=O)OC(CCCCCCCC)CCCCCCCC)CCCNc1nsnc1NC. The van der Waals surface area contributed by atoms with Crippen LogP contribution < -0.4 is 10.6 Å². The number of rotatable bonds is 46. The first-order valence-corrected chi connectivity index (χ1v) is 26.6. The van der Waals surface area contributed by atoms with Crippen molar-refractivity contribution in [1.29, 1.82) is 0 Å². The quantitative estimate of drug-likeness (QED) is 0.0489. The summed E-state index contributed by atoms with van der Waals surface area (Å²) >= 11 is 1.23. The molecule has 0 amide bonds. The second kappa shape index (κ2) is 42.4. The molecular formula is C50H97N5O4S. The number of carbonyl (C=O) groups is 2. The lowest BCUT2D eigenvalue weighted by Gasteiger charge is -2.22. The molecule has 1 unspecified atom stereocenters. The van der Waals surface area contributed by atoms with Gasteiger partial charge in [0, 0.05) is 26.4 Å². The summed E-state index contributed by atoms with van der Waals surface area (Å²) in [5.41, 5.74) is 0. The van der Waals surface area contributed by atoms with Crippen LogP contribution in [0.5, 0.6) is 0 Å². The number of hydrogen-bond donors (Lipinski definition) is 2. The van der Waals surface area contributed by atoms with Crippen LogP contribution in [-0.2, 0) is 19.1 Å². The Kier molecular flexibility index (Phi) is 39.6. The number of carbonyl (C=O) groups excluding carboxylic acids is 2. The van der Waals surface area contributed by atoms with Crippen LogP contribution in [0.1, 0.15) is 252 Å². The summed E-state index contributed by atoms with van der Waals surface area (Å²) in [7, 11) is 1.88. The van der Waals surface area contributed by atoms with Gasteiger partial charge >= 0.3 is 11.9 Å². The Bertz CT molecular complexity index is 1070. The third-order valence-electron chi connectivity index (χ3n) is 12.1. The van der Waals surface area contributed by atoms with Gasteiger partial charge in [-0.15, -0.1) is 0 Å². The largest absolute Gasteiger partial charge is 0.462 e. The third kappa shape index (κ3) is 33.7. The van der Waals surface area contributed by atoms with Crippen LogP contribution in [0, 0.1) is 0 Å². The third-order valence-corrected chi connectivity index (χ3v) is 12.6. The number of nitrogens with zero attached hydrogens (tertiary/aromatic N) is 3. The molecule has 0 spiro atoms. The van der Waals surface area contributed by atoms with Crippen molar-refractivity contribution in [3.63, 3.8) is 0 Å². The molecule has 0 aliphatic rings. The summed E-state index contributed by atoms with van der Waals surface area (Å²) < 4.78 is 20.6. The first-order valence-electron chi connectivity index (χ1n) is 25.8. The fourth-order valence-electron chi connectivity index (χ4n) is 8.14. The van der Waals surface area contributed by atoms with E-state index in [1.165, 1.54) is 166 Å². The van der Waals surface area contributed by atoms with Crippen LogP contribution in [-0.4, -0.2) is 71.0 Å². The number of unbranched alkanes of at least 4 members (excludes halogenated alkanes) is 23. The van der Waals surface area contributed by atoms with E-state index in [0.29, 0.717) is 12.8 Å². The molecule has 2 N–H and O–H groups in total. The molecule has 9 nitrogen and oxygen atoms in total. The standard InChI is InChI=1S/C50H97N5O4S/c1-6-10-13-16-21-28-36-45(9-4)58-47(56)39-31-24-19-26-33-42-55(44-35-41-52-50-49(51-5)53-60-54-50)43-34-27-20-25-32-40-48(57)59-46(37-29-22-17-14-11-7-2)38-30-23-18-15-12-8-3/h45-46H,6-44H2,1-5H3,(H,51,53)(H,52,54). The molecule has 1 aromatic rings. The van der Waals surface area contributed by atoms with Gasteiger partial charge in [-0.3, -0.25) is 9.59 Å². The fraction of sp³-hybridized carbons (Fsp3) is 0.920. The van der Waals surface area contributed by atoms with Gasteiger partial charge in [0.2, 0.25) is 0 Å². The zero-order valence-electron chi connectivity index (χ0n) is 40.1. The smallest absolute Gasteiger partial charge is 0.306 e. The van der Waals surface area contributed by atoms with E-state index in [1.807, 2.05) is 7.05 Å². The number of nitrogens with one attached hydrogen (secondary N) is 2. The molecule has 0 aromatic carbocycles. The van der Waals surface area contributed by atoms with E-state index in [9.17, 15) is 9.59 Å². The highest BCUT2D eigenvalue weighted by atomic mass is 32.1. The maximum Gasteiger partial charge on any atom is 0.306 e. The second-order valence-electron chi connectivity index (χ2n) is 17.7. The summed E-state index contributed by atoms with van der Waals surface area (Å²) in [6.07, 6.45) is 40.6. The molecule has 0 bridgehead atoms. The average molecular weight is 864 g/mol. The van der Waals surface area contributed by atoms with E-state index in [4.69, 9.17) is 9.47 Å². The van der Waals surface area contributed by atoms with Crippen molar-refractivity contribution in [2.24, 2.45) is 0 Å². The molecule has 0 fully saturated rings. The van der Waals surface area contributed by atoms with E-state index < -0.39 is 0 Å². The Morgan fingerprint density at radius 1 is 0.500 bits per heavy atom. The Morgan fingerprint density at radius 2 is 0.883 bits per heavy atom. The molecule has 0 radical (unpaired) electrons. The summed E-state index contributed by atoms with van der Waals surface area (Å²) in [4.78, 5) is 28.0. The van der Waals surface area contributed by atoms with Gasteiger partial charge in [-0.2, -0.15) is 8.75 Å². The van der Waals surface area contributed by atoms with Crippen molar-refractivity contribution in [3.8, 4) is 0 Å². The van der Waals surface area contributed by atoms with Crippen LogP contribution >= 0.6 is 11.7 Å². The Hall–Kier alpha value is -1.94. The normalized spacial score (nSPS) is 12.1. The molecule has 1 atom stereocenters. The predicted molar refractivity (Wildman–Crippen MR) is 258 cm³/mol. The summed E-state index contributed by atoms with van der Waals surface area (Å²) in [5.74, 6) is 1.68. The minimum Gasteiger partial charge on any atom is -0.462 e. The molecule has 0 aliphatic heterocycles. The number of aromatic nitrogens is 2. The van der Waals surface area contributed by atoms with Gasteiger partial charge in [0.25, 0.3) is 0 Å². The van der Waals surface area contributed by atoms with E-state index >= 15 is 0 Å². The minimum absolute atomic E-state index is 0.00549. The average Bonchev–Trinajstić information content (AvgIpc) is 3.71. The van der Waals surface area contributed by atoms with Crippen molar-refractivity contribution in [2.75, 3.05) is 43.9 Å². The lowest BCUT2D eigenvalue weighted by molar-refractivity contribution is -0.150. The van der Waals surface area contributed by atoms with Gasteiger partial charge in [0.1, 0.15) is 12.2 Å². The predicted octanol–water partition coefficient (Wildman–Crippen LogP) is 14.9. The van der Waals surface area contributed by atoms with Crippen molar-refractivity contribution in [1.82, 2.24) is 13.6 Å². The van der Waals surface area contributed by atoms with Gasteiger partial charge in [-0.1, -0.05) is 163 Å². The van der Waals surface area contributed by atoms with Gasteiger partial charge in [-0.05, 0) is 96.7 Å². The first-order chi connectivity index (χ1) is 29.5. The van der Waals surface area contributed by atoms with Crippen molar-refractivity contribution in [2.45, 2.75) is 265 Å². The Morgan fingerprint density at radius 3 is 1.35 bits per heavy atom. The minimum atomic E-state index is -0.00549. The summed E-state index contributed by atoms with van der Waals surface area (Å²) in [5, 5.41) is 6.56. The highest BCUT2D eigenvalue weighted by Crippen LogP contribution is 2.20. The highest BCUT2D eigenvalue weighted by molar-refractivity contribution is 6.99. The zero-order chi connectivity index (χ0) is 43.6. The molecule has 10 heteroatoms. The molecule has 0 saturated heterocycles. The van der Waals surface area contributed by atoms with E-state index in [2.05, 4.69) is 52.0 Å². The molecular weight excluding hydrogens is 767 g/mol. The van der Waals surface area contributed by atoms with Crippen LogP contribution in [0.25, 0.3) is 0 Å². The van der Waals surface area contributed by atoms with Gasteiger partial charge in [0.05, 0.1) is 11.7 Å². The van der Waals surface area contributed by atoms with Gasteiger partial charge in [0.15, 0.2) is 11.6 Å². The van der Waals surface area contributed by atoms with Crippen LogP contribution in [0.3, 0.4) is 0 Å². The maximum atomic E-state index is 12.9. The summed E-state index contributed by atoms with van der Waals surface area (Å²) in [6.45, 7) is 13.1. The lowest BCUT2D eigenvalue weighted by Crippen LogP contribution is -2.28. The molecule has 0 aliphatic carbocycles. The van der Waals surface area contributed by atoms with E-state index in [-0.39, 0.29) is 24.1 Å². The number of ether oxygens (including phenoxy) is 2. The first kappa shape index (κ1) is 56.1. The van der Waals surface area contributed by atoms with Crippen LogP contribution in [0.4, 0.5) is 11.6 Å². The molecule has 60 heavy (non-hydrogen) atoms. The fourth-order valence-corrected chi connectivity index (χ4v) is 8.67. The van der Waals surface area contributed by atoms with Crippen molar-refractivity contribution < 1.29 is 19.1 Å². The van der Waals surface area contributed by atoms with E-state index in [1.54, 1.807) is 0 Å². The highest BCUT2D eigenvalue weighted by Gasteiger charge is 2.15. The van der Waals surface area contributed by atoms with Crippen molar-refractivity contribution in [3.05, 3.63) is 0 Å². The van der Waals surface area contributed by atoms with Crippen LogP contribution in [0.15, 0.2) is 0 Å². The molecule has 352 valence electrons. The van der Waals surface area contributed by atoms with E-state index in [0.717, 1.165) is 95.6 Å². The molecule has 1 rings (SSSR count). The van der Waals surface area contributed by atoms with Gasteiger partial charge in [-0.25, -0.2) is 0 Å². The lowest BCUT2D eigenvalue weighted by atomic mass is 10.0. The molecule has 1 heterocycles. The number of hydrogen-bond acceptors (Lipinski definition) is 10. The topological polar surface area (TPSA) is 106 Å². The Balaban J connectivity index is 2.37. The molecule has 0 saturated carbocycles. The maximum absolute atomic E-state index is 12.9. The molecule has 1 aromatic heterocycles. The number of esters is 2. The zero-order valence-corrected chi connectivity index (χ0v) is 40.9.